The van der Waals surface area contributed by atoms with Crippen molar-refractivity contribution < 1.29 is 14.3 Å². The number of carboxylic acids is 1. The summed E-state index contributed by atoms with van der Waals surface area (Å²) < 4.78 is 13.7. The van der Waals surface area contributed by atoms with Crippen LogP contribution in [0.25, 0.3) is 0 Å². The zero-order valence-corrected chi connectivity index (χ0v) is 11.9. The van der Waals surface area contributed by atoms with Gasteiger partial charge in [0.15, 0.2) is 0 Å². The fourth-order valence-electron chi connectivity index (χ4n) is 1.97. The van der Waals surface area contributed by atoms with E-state index in [0.29, 0.717) is 6.54 Å². The van der Waals surface area contributed by atoms with Crippen LogP contribution in [0.3, 0.4) is 0 Å². The third-order valence-corrected chi connectivity index (χ3v) is 3.23. The first-order valence-electron chi connectivity index (χ1n) is 6.78. The SMILES string of the molecule is CCN(CC)CCCNc1cc(C(=O)O)c(N)cc1F. The van der Waals surface area contributed by atoms with Gasteiger partial charge in [0.1, 0.15) is 5.82 Å². The summed E-state index contributed by atoms with van der Waals surface area (Å²) in [6.07, 6.45) is 0.855. The Hall–Kier alpha value is -1.82. The number of anilines is 2. The summed E-state index contributed by atoms with van der Waals surface area (Å²) in [7, 11) is 0. The lowest BCUT2D eigenvalue weighted by molar-refractivity contribution is 0.0698. The van der Waals surface area contributed by atoms with Crippen LogP contribution in [0.15, 0.2) is 12.1 Å². The normalized spacial score (nSPS) is 10.8. The van der Waals surface area contributed by atoms with E-state index in [4.69, 9.17) is 10.8 Å². The fraction of sp³-hybridized carbons (Fsp3) is 0.500. The van der Waals surface area contributed by atoms with Crippen molar-refractivity contribution in [2.45, 2.75) is 20.3 Å². The van der Waals surface area contributed by atoms with Gasteiger partial charge in [-0.3, -0.25) is 0 Å². The van der Waals surface area contributed by atoms with E-state index < -0.39 is 11.8 Å². The molecule has 1 aromatic rings. The highest BCUT2D eigenvalue weighted by Gasteiger charge is 2.12. The molecule has 0 heterocycles. The van der Waals surface area contributed by atoms with Crippen LogP contribution in [0.5, 0.6) is 0 Å². The summed E-state index contributed by atoms with van der Waals surface area (Å²) in [5.41, 5.74) is 5.49. The van der Waals surface area contributed by atoms with E-state index in [2.05, 4.69) is 24.1 Å². The van der Waals surface area contributed by atoms with Gasteiger partial charge in [0, 0.05) is 12.2 Å². The van der Waals surface area contributed by atoms with Crippen LogP contribution in [0.2, 0.25) is 0 Å². The molecule has 0 saturated carbocycles. The first kappa shape index (κ1) is 16.2. The van der Waals surface area contributed by atoms with Gasteiger partial charge < -0.3 is 21.1 Å². The molecule has 0 aliphatic carbocycles. The molecular formula is C14H22FN3O2. The van der Waals surface area contributed by atoms with Crippen molar-refractivity contribution >= 4 is 17.3 Å². The molecule has 0 atom stereocenters. The molecule has 0 unspecified atom stereocenters. The molecule has 0 saturated heterocycles. The third-order valence-electron chi connectivity index (χ3n) is 3.23. The van der Waals surface area contributed by atoms with Crippen LogP contribution in [-0.4, -0.2) is 42.2 Å². The summed E-state index contributed by atoms with van der Waals surface area (Å²) in [4.78, 5) is 13.2. The highest BCUT2D eigenvalue weighted by atomic mass is 19.1. The molecule has 0 radical (unpaired) electrons. The minimum absolute atomic E-state index is 0.0660. The molecule has 0 spiro atoms. The van der Waals surface area contributed by atoms with E-state index in [0.717, 1.165) is 32.1 Å². The minimum Gasteiger partial charge on any atom is -0.478 e. The van der Waals surface area contributed by atoms with E-state index in [-0.39, 0.29) is 16.9 Å². The number of hydrogen-bond acceptors (Lipinski definition) is 4. The Bertz CT molecular complexity index is 462. The summed E-state index contributed by atoms with van der Waals surface area (Å²) >= 11 is 0. The molecule has 0 aliphatic heterocycles. The van der Waals surface area contributed by atoms with E-state index in [1.54, 1.807) is 0 Å². The number of carbonyl (C=O) groups is 1. The van der Waals surface area contributed by atoms with Crippen molar-refractivity contribution in [3.63, 3.8) is 0 Å². The number of nitrogens with two attached hydrogens (primary N) is 1. The van der Waals surface area contributed by atoms with Gasteiger partial charge in [-0.15, -0.1) is 0 Å². The topological polar surface area (TPSA) is 78.6 Å². The molecule has 112 valence electrons. The van der Waals surface area contributed by atoms with E-state index in [1.807, 2.05) is 0 Å². The number of nitrogens with zero attached hydrogens (tertiary/aromatic N) is 1. The first-order valence-corrected chi connectivity index (χ1v) is 6.78. The zero-order chi connectivity index (χ0) is 15.1. The van der Waals surface area contributed by atoms with E-state index in [9.17, 15) is 9.18 Å². The second kappa shape index (κ2) is 7.69. The highest BCUT2D eigenvalue weighted by Crippen LogP contribution is 2.22. The van der Waals surface area contributed by atoms with Gasteiger partial charge >= 0.3 is 5.97 Å². The third kappa shape index (κ3) is 4.38. The summed E-state index contributed by atoms with van der Waals surface area (Å²) in [6.45, 7) is 7.65. The molecule has 0 aromatic heterocycles. The molecule has 0 aliphatic rings. The summed E-state index contributed by atoms with van der Waals surface area (Å²) in [6, 6.07) is 2.28. The van der Waals surface area contributed by atoms with Crippen LogP contribution in [0.1, 0.15) is 30.6 Å². The van der Waals surface area contributed by atoms with Crippen molar-refractivity contribution in [2.24, 2.45) is 0 Å². The van der Waals surface area contributed by atoms with E-state index in [1.165, 1.54) is 6.07 Å². The highest BCUT2D eigenvalue weighted by molar-refractivity contribution is 5.94. The number of rotatable bonds is 8. The quantitative estimate of drug-likeness (QED) is 0.504. The second-order valence-corrected chi connectivity index (χ2v) is 4.53. The average Bonchev–Trinajstić information content (AvgIpc) is 2.40. The van der Waals surface area contributed by atoms with Crippen molar-refractivity contribution in [1.29, 1.82) is 0 Å². The first-order chi connectivity index (χ1) is 9.49. The van der Waals surface area contributed by atoms with Crippen LogP contribution < -0.4 is 11.1 Å². The zero-order valence-electron chi connectivity index (χ0n) is 11.9. The lowest BCUT2D eigenvalue weighted by Crippen LogP contribution is -2.25. The number of nitrogen functional groups attached to an aromatic ring is 1. The lowest BCUT2D eigenvalue weighted by Gasteiger charge is -2.18. The molecule has 0 bridgehead atoms. The largest absolute Gasteiger partial charge is 0.478 e. The number of aromatic carboxylic acids is 1. The molecule has 4 N–H and O–H groups in total. The minimum atomic E-state index is -1.16. The number of halogens is 1. The van der Waals surface area contributed by atoms with Gasteiger partial charge in [-0.1, -0.05) is 13.8 Å². The van der Waals surface area contributed by atoms with Crippen molar-refractivity contribution in [3.8, 4) is 0 Å². The molecule has 5 nitrogen and oxygen atoms in total. The Labute approximate surface area is 118 Å². The van der Waals surface area contributed by atoms with Gasteiger partial charge in [0.05, 0.1) is 11.3 Å². The molecule has 6 heteroatoms. The van der Waals surface area contributed by atoms with Crippen LogP contribution in [-0.2, 0) is 0 Å². The molecule has 20 heavy (non-hydrogen) atoms. The Balaban J connectivity index is 2.60. The standard InChI is InChI=1S/C14H22FN3O2/c1-3-18(4-2)7-5-6-17-13-8-10(14(19)20)12(16)9-11(13)15/h8-9,17H,3-7,16H2,1-2H3,(H,19,20). The Kier molecular flexibility index (Phi) is 6.24. The smallest absolute Gasteiger partial charge is 0.337 e. The van der Waals surface area contributed by atoms with Crippen molar-refractivity contribution in [2.75, 3.05) is 37.2 Å². The van der Waals surface area contributed by atoms with Crippen LogP contribution in [0.4, 0.5) is 15.8 Å². The van der Waals surface area contributed by atoms with Crippen LogP contribution >= 0.6 is 0 Å². The molecule has 1 aromatic carbocycles. The number of nitrogens with one attached hydrogen (secondary N) is 1. The average molecular weight is 283 g/mol. The Morgan fingerprint density at radius 2 is 2.05 bits per heavy atom. The Morgan fingerprint density at radius 3 is 2.60 bits per heavy atom. The molecule has 0 fully saturated rings. The van der Waals surface area contributed by atoms with Crippen LogP contribution in [0, 0.1) is 5.82 Å². The van der Waals surface area contributed by atoms with Gasteiger partial charge in [-0.2, -0.15) is 0 Å². The predicted molar refractivity (Wildman–Crippen MR) is 78.7 cm³/mol. The fourth-order valence-corrected chi connectivity index (χ4v) is 1.97. The number of hydrogen-bond donors (Lipinski definition) is 3. The Morgan fingerprint density at radius 1 is 1.40 bits per heavy atom. The maximum absolute atomic E-state index is 13.7. The van der Waals surface area contributed by atoms with E-state index >= 15 is 0 Å². The number of carboxylic acid groups (broad SMARTS) is 1. The second-order valence-electron chi connectivity index (χ2n) is 4.53. The predicted octanol–water partition coefficient (Wildman–Crippen LogP) is 2.25. The maximum Gasteiger partial charge on any atom is 0.337 e. The van der Waals surface area contributed by atoms with Crippen molar-refractivity contribution in [3.05, 3.63) is 23.5 Å². The monoisotopic (exact) mass is 283 g/mol. The molecular weight excluding hydrogens is 261 g/mol. The van der Waals surface area contributed by atoms with Crippen molar-refractivity contribution in [1.82, 2.24) is 4.90 Å². The number of benzene rings is 1. The molecule has 1 rings (SSSR count). The lowest BCUT2D eigenvalue weighted by atomic mass is 10.1. The maximum atomic E-state index is 13.7. The molecule has 0 amide bonds. The van der Waals surface area contributed by atoms with Gasteiger partial charge in [0.2, 0.25) is 0 Å². The summed E-state index contributed by atoms with van der Waals surface area (Å²) in [5.74, 6) is -1.69. The van der Waals surface area contributed by atoms with Gasteiger partial charge in [-0.25, -0.2) is 9.18 Å². The van der Waals surface area contributed by atoms with Gasteiger partial charge in [-0.05, 0) is 38.2 Å². The summed E-state index contributed by atoms with van der Waals surface area (Å²) in [5, 5.41) is 11.9. The van der Waals surface area contributed by atoms with Gasteiger partial charge in [0.25, 0.3) is 0 Å².